The maximum atomic E-state index is 13.0. The zero-order valence-electron chi connectivity index (χ0n) is 7.43. The summed E-state index contributed by atoms with van der Waals surface area (Å²) in [6, 6.07) is -0.0491. The molecule has 0 aromatic carbocycles. The van der Waals surface area contributed by atoms with E-state index in [-0.39, 0.29) is 11.6 Å². The Morgan fingerprint density at radius 3 is 2.38 bits per heavy atom. The molecule has 0 saturated heterocycles. The van der Waals surface area contributed by atoms with Crippen LogP contribution in [0.1, 0.15) is 18.9 Å². The minimum Gasteiger partial charge on any atom is -0.328 e. The molecule has 0 saturated carbocycles. The van der Waals surface area contributed by atoms with Gasteiger partial charge in [0.25, 0.3) is 0 Å². The van der Waals surface area contributed by atoms with Crippen LogP contribution in [-0.2, 0) is 6.42 Å². The predicted octanol–water partition coefficient (Wildman–Crippen LogP) is 1.64. The molecule has 0 aliphatic heterocycles. The van der Waals surface area contributed by atoms with E-state index in [0.29, 0.717) is 12.8 Å². The average molecular weight is 186 g/mol. The lowest BCUT2D eigenvalue weighted by molar-refractivity contribution is 0.532. The second-order valence-corrected chi connectivity index (χ2v) is 3.10. The van der Waals surface area contributed by atoms with Crippen molar-refractivity contribution in [3.8, 4) is 0 Å². The van der Waals surface area contributed by atoms with Crippen LogP contribution < -0.4 is 5.73 Å². The topological polar surface area (TPSA) is 38.9 Å². The van der Waals surface area contributed by atoms with Crippen molar-refractivity contribution in [1.29, 1.82) is 0 Å². The van der Waals surface area contributed by atoms with Gasteiger partial charge in [0.15, 0.2) is 0 Å². The summed E-state index contributed by atoms with van der Waals surface area (Å²) in [5.41, 5.74) is 5.56. The molecule has 0 unspecified atom stereocenters. The van der Waals surface area contributed by atoms with Gasteiger partial charge in [-0.15, -0.1) is 0 Å². The molecule has 1 heterocycles. The molecule has 1 atom stereocenters. The monoisotopic (exact) mass is 186 g/mol. The lowest BCUT2D eigenvalue weighted by Crippen LogP contribution is -2.16. The SMILES string of the molecule is C[C@H](N)CCc1c(F)cncc1F. The number of hydrogen-bond acceptors (Lipinski definition) is 2. The van der Waals surface area contributed by atoms with Crippen molar-refractivity contribution in [2.75, 3.05) is 0 Å². The summed E-state index contributed by atoms with van der Waals surface area (Å²) in [4.78, 5) is 3.39. The summed E-state index contributed by atoms with van der Waals surface area (Å²) in [5.74, 6) is -1.19. The van der Waals surface area contributed by atoms with Gasteiger partial charge in [-0.25, -0.2) is 8.78 Å². The summed E-state index contributed by atoms with van der Waals surface area (Å²) >= 11 is 0. The van der Waals surface area contributed by atoms with E-state index in [0.717, 1.165) is 12.4 Å². The normalized spacial score (nSPS) is 12.9. The minimum atomic E-state index is -0.597. The van der Waals surface area contributed by atoms with Gasteiger partial charge in [0, 0.05) is 11.6 Å². The molecule has 1 aromatic rings. The summed E-state index contributed by atoms with van der Waals surface area (Å²) in [6.45, 7) is 1.80. The highest BCUT2D eigenvalue weighted by Gasteiger charge is 2.09. The van der Waals surface area contributed by atoms with E-state index in [1.807, 2.05) is 0 Å². The number of nitrogens with two attached hydrogens (primary N) is 1. The van der Waals surface area contributed by atoms with E-state index < -0.39 is 11.6 Å². The van der Waals surface area contributed by atoms with Crippen molar-refractivity contribution >= 4 is 0 Å². The Bertz CT molecular complexity index is 267. The lowest BCUT2D eigenvalue weighted by Gasteiger charge is -2.06. The molecular formula is C9H12F2N2. The Hall–Kier alpha value is -1.03. The fourth-order valence-corrected chi connectivity index (χ4v) is 1.05. The van der Waals surface area contributed by atoms with Crippen LogP contribution in [0.4, 0.5) is 8.78 Å². The molecule has 0 aliphatic rings. The largest absolute Gasteiger partial charge is 0.328 e. The Morgan fingerprint density at radius 2 is 1.92 bits per heavy atom. The maximum Gasteiger partial charge on any atom is 0.147 e. The van der Waals surface area contributed by atoms with Crippen LogP contribution in [0, 0.1) is 11.6 Å². The molecule has 0 spiro atoms. The van der Waals surface area contributed by atoms with Gasteiger partial charge in [0.2, 0.25) is 0 Å². The molecular weight excluding hydrogens is 174 g/mol. The van der Waals surface area contributed by atoms with Gasteiger partial charge in [0.1, 0.15) is 11.6 Å². The molecule has 4 heteroatoms. The van der Waals surface area contributed by atoms with Crippen molar-refractivity contribution in [3.05, 3.63) is 29.6 Å². The van der Waals surface area contributed by atoms with Crippen molar-refractivity contribution < 1.29 is 8.78 Å². The van der Waals surface area contributed by atoms with Gasteiger partial charge in [-0.2, -0.15) is 0 Å². The first kappa shape index (κ1) is 10.1. The molecule has 0 amide bonds. The van der Waals surface area contributed by atoms with E-state index in [2.05, 4.69) is 4.98 Å². The van der Waals surface area contributed by atoms with Crippen LogP contribution in [0.3, 0.4) is 0 Å². The molecule has 1 rings (SSSR count). The number of nitrogens with zero attached hydrogens (tertiary/aromatic N) is 1. The fourth-order valence-electron chi connectivity index (χ4n) is 1.05. The van der Waals surface area contributed by atoms with Crippen molar-refractivity contribution in [2.45, 2.75) is 25.8 Å². The molecule has 1 aromatic heterocycles. The first-order valence-corrected chi connectivity index (χ1v) is 4.14. The summed E-state index contributed by atoms with van der Waals surface area (Å²) in [5, 5.41) is 0. The number of hydrogen-bond donors (Lipinski definition) is 1. The van der Waals surface area contributed by atoms with Crippen LogP contribution in [0.25, 0.3) is 0 Å². The van der Waals surface area contributed by atoms with Crippen LogP contribution in [0.5, 0.6) is 0 Å². The molecule has 2 nitrogen and oxygen atoms in total. The van der Waals surface area contributed by atoms with E-state index in [1.165, 1.54) is 0 Å². The summed E-state index contributed by atoms with van der Waals surface area (Å²) in [6.07, 6.45) is 2.91. The number of pyridine rings is 1. The Labute approximate surface area is 75.8 Å². The highest BCUT2D eigenvalue weighted by molar-refractivity contribution is 5.15. The molecule has 0 aliphatic carbocycles. The molecule has 13 heavy (non-hydrogen) atoms. The van der Waals surface area contributed by atoms with Gasteiger partial charge in [0.05, 0.1) is 12.4 Å². The second kappa shape index (κ2) is 4.28. The first-order chi connectivity index (χ1) is 6.11. The highest BCUT2D eigenvalue weighted by atomic mass is 19.1. The molecule has 2 N–H and O–H groups in total. The standard InChI is InChI=1S/C9H12F2N2/c1-6(12)2-3-7-8(10)4-13-5-9(7)11/h4-6H,2-3,12H2,1H3/t6-/m0/s1. The average Bonchev–Trinajstić information content (AvgIpc) is 2.03. The number of aromatic nitrogens is 1. The van der Waals surface area contributed by atoms with Crippen molar-refractivity contribution in [3.63, 3.8) is 0 Å². The molecule has 0 fully saturated rings. The molecule has 0 bridgehead atoms. The fraction of sp³-hybridized carbons (Fsp3) is 0.444. The zero-order valence-corrected chi connectivity index (χ0v) is 7.43. The van der Waals surface area contributed by atoms with Gasteiger partial charge in [-0.05, 0) is 19.8 Å². The van der Waals surface area contributed by atoms with Gasteiger partial charge in [-0.3, -0.25) is 4.98 Å². The molecule has 0 radical (unpaired) electrons. The van der Waals surface area contributed by atoms with Crippen LogP contribution in [-0.4, -0.2) is 11.0 Å². The van der Waals surface area contributed by atoms with Gasteiger partial charge < -0.3 is 5.73 Å². The zero-order chi connectivity index (χ0) is 9.84. The van der Waals surface area contributed by atoms with Gasteiger partial charge in [-0.1, -0.05) is 0 Å². The number of rotatable bonds is 3. The smallest absolute Gasteiger partial charge is 0.147 e. The Balaban J connectivity index is 2.75. The number of halogens is 2. The van der Waals surface area contributed by atoms with Crippen LogP contribution in [0.2, 0.25) is 0 Å². The van der Waals surface area contributed by atoms with Crippen molar-refractivity contribution in [2.24, 2.45) is 5.73 Å². The third-order valence-corrected chi connectivity index (χ3v) is 1.80. The Morgan fingerprint density at radius 1 is 1.38 bits per heavy atom. The van der Waals surface area contributed by atoms with Crippen molar-refractivity contribution in [1.82, 2.24) is 4.98 Å². The highest BCUT2D eigenvalue weighted by Crippen LogP contribution is 2.12. The van der Waals surface area contributed by atoms with Gasteiger partial charge >= 0.3 is 0 Å². The minimum absolute atomic E-state index is 0.0491. The Kier molecular flexibility index (Phi) is 3.31. The summed E-state index contributed by atoms with van der Waals surface area (Å²) < 4.78 is 25.9. The van der Waals surface area contributed by atoms with E-state index in [1.54, 1.807) is 6.92 Å². The van der Waals surface area contributed by atoms with Crippen LogP contribution >= 0.6 is 0 Å². The van der Waals surface area contributed by atoms with E-state index in [9.17, 15) is 8.78 Å². The third-order valence-electron chi connectivity index (χ3n) is 1.80. The molecule has 72 valence electrons. The second-order valence-electron chi connectivity index (χ2n) is 3.10. The predicted molar refractivity (Wildman–Crippen MR) is 46.1 cm³/mol. The van der Waals surface area contributed by atoms with Crippen LogP contribution in [0.15, 0.2) is 12.4 Å². The van der Waals surface area contributed by atoms with E-state index >= 15 is 0 Å². The van der Waals surface area contributed by atoms with E-state index in [4.69, 9.17) is 5.73 Å². The maximum absolute atomic E-state index is 13.0. The first-order valence-electron chi connectivity index (χ1n) is 4.14. The lowest BCUT2D eigenvalue weighted by atomic mass is 10.1. The quantitative estimate of drug-likeness (QED) is 0.779. The summed E-state index contributed by atoms with van der Waals surface area (Å²) in [7, 11) is 0. The third kappa shape index (κ3) is 2.73.